The summed E-state index contributed by atoms with van der Waals surface area (Å²) >= 11 is 1.03. The van der Waals surface area contributed by atoms with Crippen LogP contribution in [0.1, 0.15) is 25.9 Å². The number of thiazole rings is 1. The maximum Gasteiger partial charge on any atom is 0.355 e. The third-order valence-electron chi connectivity index (χ3n) is 2.42. The van der Waals surface area contributed by atoms with Crippen molar-refractivity contribution in [3.63, 3.8) is 0 Å². The number of carboxylic acids is 1. The van der Waals surface area contributed by atoms with Crippen LogP contribution in [0.3, 0.4) is 0 Å². The summed E-state index contributed by atoms with van der Waals surface area (Å²) < 4.78 is 0. The van der Waals surface area contributed by atoms with E-state index >= 15 is 0 Å². The predicted octanol–water partition coefficient (Wildman–Crippen LogP) is 1.51. The monoisotopic (exact) mass is 277 g/mol. The van der Waals surface area contributed by atoms with Crippen LogP contribution < -0.4 is 0 Å². The van der Waals surface area contributed by atoms with E-state index in [0.717, 1.165) is 16.9 Å². The Morgan fingerprint density at radius 1 is 1.37 bits per heavy atom. The zero-order valence-corrected chi connectivity index (χ0v) is 10.9. The molecule has 98 valence electrons. The van der Waals surface area contributed by atoms with E-state index in [4.69, 9.17) is 5.11 Å². The molecule has 7 heteroatoms. The summed E-state index contributed by atoms with van der Waals surface area (Å²) in [5, 5.41) is 10.3. The Morgan fingerprint density at radius 2 is 2.05 bits per heavy atom. The summed E-state index contributed by atoms with van der Waals surface area (Å²) in [5.41, 5.74) is 0.839. The van der Waals surface area contributed by atoms with E-state index < -0.39 is 5.97 Å². The molecule has 0 aliphatic carbocycles. The summed E-state index contributed by atoms with van der Waals surface area (Å²) in [6, 6.07) is 3.63. The van der Waals surface area contributed by atoms with Crippen LogP contribution in [0.4, 0.5) is 0 Å². The standard InChI is InChI=1S/C12H11N3O3S/c1-15(6-8-2-4-13-5-3-8)11(16)10-14-9(7-19-10)12(17)18/h2-5,7H,6H2,1H3,(H,17,18). The van der Waals surface area contributed by atoms with Crippen LogP contribution in [0.15, 0.2) is 29.9 Å². The van der Waals surface area contributed by atoms with E-state index in [1.165, 1.54) is 10.3 Å². The van der Waals surface area contributed by atoms with Gasteiger partial charge in [0.05, 0.1) is 0 Å². The molecule has 2 aromatic rings. The summed E-state index contributed by atoms with van der Waals surface area (Å²) in [5.74, 6) is -1.43. The Bertz CT molecular complexity index is 597. The average Bonchev–Trinajstić information content (AvgIpc) is 2.88. The number of hydrogen-bond donors (Lipinski definition) is 1. The molecule has 0 spiro atoms. The number of carbonyl (C=O) groups is 2. The Morgan fingerprint density at radius 3 is 2.63 bits per heavy atom. The van der Waals surface area contributed by atoms with Gasteiger partial charge < -0.3 is 10.0 Å². The van der Waals surface area contributed by atoms with Crippen LogP contribution in [0.25, 0.3) is 0 Å². The molecule has 0 fully saturated rings. The highest BCUT2D eigenvalue weighted by atomic mass is 32.1. The second kappa shape index (κ2) is 5.57. The zero-order valence-electron chi connectivity index (χ0n) is 10.1. The first kappa shape index (κ1) is 13.2. The first-order valence-corrected chi connectivity index (χ1v) is 6.29. The molecule has 2 rings (SSSR count). The van der Waals surface area contributed by atoms with Gasteiger partial charge in [-0.1, -0.05) is 0 Å². The molecule has 2 aromatic heterocycles. The molecule has 6 nitrogen and oxygen atoms in total. The molecule has 0 bridgehead atoms. The first-order chi connectivity index (χ1) is 9.08. The lowest BCUT2D eigenvalue weighted by Crippen LogP contribution is -2.26. The lowest BCUT2D eigenvalue weighted by molar-refractivity contribution is 0.0691. The molecule has 0 radical (unpaired) electrons. The number of amides is 1. The van der Waals surface area contributed by atoms with Crippen molar-refractivity contribution in [1.29, 1.82) is 0 Å². The quantitative estimate of drug-likeness (QED) is 0.915. The Balaban J connectivity index is 2.08. The number of aromatic nitrogens is 2. The average molecular weight is 277 g/mol. The molecule has 1 amide bonds. The fourth-order valence-electron chi connectivity index (χ4n) is 1.47. The normalized spacial score (nSPS) is 10.2. The maximum atomic E-state index is 12.1. The van der Waals surface area contributed by atoms with Crippen molar-refractivity contribution in [3.05, 3.63) is 46.2 Å². The van der Waals surface area contributed by atoms with Crippen molar-refractivity contribution in [2.45, 2.75) is 6.54 Å². The van der Waals surface area contributed by atoms with Crippen molar-refractivity contribution in [2.75, 3.05) is 7.05 Å². The van der Waals surface area contributed by atoms with Crippen LogP contribution in [0.5, 0.6) is 0 Å². The smallest absolute Gasteiger partial charge is 0.355 e. The minimum atomic E-state index is -1.13. The maximum absolute atomic E-state index is 12.1. The lowest BCUT2D eigenvalue weighted by atomic mass is 10.2. The number of hydrogen-bond acceptors (Lipinski definition) is 5. The molecule has 0 aromatic carbocycles. The molecule has 1 N–H and O–H groups in total. The number of rotatable bonds is 4. The molecule has 0 unspecified atom stereocenters. The molecule has 19 heavy (non-hydrogen) atoms. The first-order valence-electron chi connectivity index (χ1n) is 5.41. The largest absolute Gasteiger partial charge is 0.476 e. The molecular formula is C12H11N3O3S. The van der Waals surface area contributed by atoms with Crippen LogP contribution in [-0.2, 0) is 6.54 Å². The van der Waals surface area contributed by atoms with E-state index in [9.17, 15) is 9.59 Å². The van der Waals surface area contributed by atoms with Crippen molar-refractivity contribution in [3.8, 4) is 0 Å². The second-order valence-electron chi connectivity index (χ2n) is 3.86. The Hall–Kier alpha value is -2.28. The van der Waals surface area contributed by atoms with E-state index in [1.54, 1.807) is 19.4 Å². The number of carboxylic acid groups (broad SMARTS) is 1. The van der Waals surface area contributed by atoms with Gasteiger partial charge in [-0.2, -0.15) is 0 Å². The number of pyridine rings is 1. The highest BCUT2D eigenvalue weighted by molar-refractivity contribution is 7.11. The third-order valence-corrected chi connectivity index (χ3v) is 3.25. The number of nitrogens with zero attached hydrogens (tertiary/aromatic N) is 3. The molecule has 0 saturated carbocycles. The topological polar surface area (TPSA) is 83.4 Å². The zero-order chi connectivity index (χ0) is 13.8. The van der Waals surface area contributed by atoms with Crippen molar-refractivity contribution >= 4 is 23.2 Å². The molecule has 0 saturated heterocycles. The Labute approximate surface area is 113 Å². The van der Waals surface area contributed by atoms with Gasteiger partial charge in [0.1, 0.15) is 0 Å². The minimum Gasteiger partial charge on any atom is -0.476 e. The van der Waals surface area contributed by atoms with Gasteiger partial charge in [0, 0.05) is 31.4 Å². The molecule has 0 aliphatic rings. The van der Waals surface area contributed by atoms with Crippen molar-refractivity contribution in [2.24, 2.45) is 0 Å². The highest BCUT2D eigenvalue weighted by Crippen LogP contribution is 2.13. The number of aromatic carboxylic acids is 1. The summed E-state index contributed by atoms with van der Waals surface area (Å²) in [6.07, 6.45) is 3.30. The fourth-order valence-corrected chi connectivity index (χ4v) is 2.25. The minimum absolute atomic E-state index is 0.106. The van der Waals surface area contributed by atoms with Crippen LogP contribution in [0, 0.1) is 0 Å². The van der Waals surface area contributed by atoms with Gasteiger partial charge in [-0.3, -0.25) is 9.78 Å². The summed E-state index contributed by atoms with van der Waals surface area (Å²) in [6.45, 7) is 0.420. The number of carbonyl (C=O) groups excluding carboxylic acids is 1. The fraction of sp³-hybridized carbons (Fsp3) is 0.167. The second-order valence-corrected chi connectivity index (χ2v) is 4.72. The summed E-state index contributed by atoms with van der Waals surface area (Å²) in [4.78, 5) is 31.9. The molecule has 2 heterocycles. The summed E-state index contributed by atoms with van der Waals surface area (Å²) in [7, 11) is 1.64. The highest BCUT2D eigenvalue weighted by Gasteiger charge is 2.18. The van der Waals surface area contributed by atoms with Gasteiger partial charge in [-0.15, -0.1) is 11.3 Å². The van der Waals surface area contributed by atoms with Crippen LogP contribution in [-0.4, -0.2) is 38.9 Å². The van der Waals surface area contributed by atoms with Gasteiger partial charge in [0.25, 0.3) is 5.91 Å². The Kier molecular flexibility index (Phi) is 3.86. The van der Waals surface area contributed by atoms with E-state index in [-0.39, 0.29) is 16.6 Å². The van der Waals surface area contributed by atoms with Gasteiger partial charge >= 0.3 is 5.97 Å². The third kappa shape index (κ3) is 3.14. The van der Waals surface area contributed by atoms with E-state index in [2.05, 4.69) is 9.97 Å². The van der Waals surface area contributed by atoms with Gasteiger partial charge in [0.15, 0.2) is 10.7 Å². The van der Waals surface area contributed by atoms with E-state index in [0.29, 0.717) is 6.54 Å². The van der Waals surface area contributed by atoms with Crippen LogP contribution >= 0.6 is 11.3 Å². The van der Waals surface area contributed by atoms with Crippen molar-refractivity contribution < 1.29 is 14.7 Å². The van der Waals surface area contributed by atoms with Gasteiger partial charge in [-0.05, 0) is 17.7 Å². The van der Waals surface area contributed by atoms with Gasteiger partial charge in [0.2, 0.25) is 0 Å². The van der Waals surface area contributed by atoms with Crippen molar-refractivity contribution in [1.82, 2.24) is 14.9 Å². The molecule has 0 aliphatic heterocycles. The molecule has 0 atom stereocenters. The van der Waals surface area contributed by atoms with E-state index in [1.807, 2.05) is 12.1 Å². The van der Waals surface area contributed by atoms with Crippen LogP contribution in [0.2, 0.25) is 0 Å². The lowest BCUT2D eigenvalue weighted by Gasteiger charge is -2.15. The predicted molar refractivity (Wildman–Crippen MR) is 69.1 cm³/mol. The van der Waals surface area contributed by atoms with Gasteiger partial charge in [-0.25, -0.2) is 9.78 Å². The SMILES string of the molecule is CN(Cc1ccncc1)C(=O)c1nc(C(=O)O)cs1. The molecular weight excluding hydrogens is 266 g/mol.